The second-order valence-corrected chi connectivity index (χ2v) is 22.4. The zero-order valence-corrected chi connectivity index (χ0v) is 51.7. The molecule has 6 nitrogen and oxygen atoms in total. The average molecular weight is 1090 g/mol. The van der Waals surface area contributed by atoms with Gasteiger partial charge in [0.15, 0.2) is 6.10 Å². The number of rotatable bonds is 61. The molecule has 0 aliphatic carbocycles. The largest absolute Gasteiger partial charge is 0.462 e. The molecule has 78 heavy (non-hydrogen) atoms. The van der Waals surface area contributed by atoms with E-state index in [1.807, 2.05) is 0 Å². The van der Waals surface area contributed by atoms with Gasteiger partial charge in [-0.05, 0) is 96.3 Å². The van der Waals surface area contributed by atoms with Crippen LogP contribution in [0.1, 0.15) is 335 Å². The quantitative estimate of drug-likeness (QED) is 0.0261. The second kappa shape index (κ2) is 66.1. The van der Waals surface area contributed by atoms with E-state index in [0.717, 1.165) is 109 Å². The van der Waals surface area contributed by atoms with Crippen molar-refractivity contribution in [3.05, 3.63) is 85.1 Å². The number of hydrogen-bond donors (Lipinski definition) is 0. The molecule has 0 rings (SSSR count). The highest BCUT2D eigenvalue weighted by Gasteiger charge is 2.19. The van der Waals surface area contributed by atoms with Crippen molar-refractivity contribution in [1.29, 1.82) is 0 Å². The highest BCUT2D eigenvalue weighted by Crippen LogP contribution is 2.17. The Balaban J connectivity index is 4.34. The van der Waals surface area contributed by atoms with Crippen LogP contribution in [0.25, 0.3) is 0 Å². The molecule has 0 aliphatic heterocycles. The maximum Gasteiger partial charge on any atom is 0.306 e. The van der Waals surface area contributed by atoms with Gasteiger partial charge in [0.2, 0.25) is 0 Å². The van der Waals surface area contributed by atoms with Crippen molar-refractivity contribution in [3.8, 4) is 0 Å². The SMILES string of the molecule is CC/C=C\C/C=C\C/C=C\C/C=C\CCCCCCCCCCCCCCC(=O)OCC(COC(=O)CCCCCCCCCCCCCCCC)OC(=O)CCCCCCCC/C=C\C/C=C\C/C=C\CCCCCCC. The number of hydrogen-bond acceptors (Lipinski definition) is 6. The first-order valence-electron chi connectivity index (χ1n) is 33.6. The van der Waals surface area contributed by atoms with Gasteiger partial charge < -0.3 is 14.2 Å². The molecule has 0 saturated heterocycles. The Morgan fingerprint density at radius 3 is 0.782 bits per heavy atom. The van der Waals surface area contributed by atoms with Gasteiger partial charge in [-0.2, -0.15) is 0 Å². The van der Waals surface area contributed by atoms with Crippen LogP contribution in [0.4, 0.5) is 0 Å². The van der Waals surface area contributed by atoms with Gasteiger partial charge >= 0.3 is 17.9 Å². The van der Waals surface area contributed by atoms with E-state index in [1.165, 1.54) is 186 Å². The molecule has 0 amide bonds. The van der Waals surface area contributed by atoms with E-state index < -0.39 is 6.10 Å². The van der Waals surface area contributed by atoms with Crippen molar-refractivity contribution in [1.82, 2.24) is 0 Å². The Labute approximate surface area is 484 Å². The summed E-state index contributed by atoms with van der Waals surface area (Å²) in [6.45, 7) is 6.55. The van der Waals surface area contributed by atoms with Gasteiger partial charge in [0.05, 0.1) is 0 Å². The normalized spacial score (nSPS) is 12.6. The predicted molar refractivity (Wildman–Crippen MR) is 339 cm³/mol. The van der Waals surface area contributed by atoms with Gasteiger partial charge in [-0.3, -0.25) is 14.4 Å². The third-order valence-electron chi connectivity index (χ3n) is 14.6. The third-order valence-corrected chi connectivity index (χ3v) is 14.6. The molecule has 0 radical (unpaired) electrons. The molecule has 0 N–H and O–H groups in total. The lowest BCUT2D eigenvalue weighted by atomic mass is 10.0. The summed E-state index contributed by atoms with van der Waals surface area (Å²) in [6, 6.07) is 0. The highest BCUT2D eigenvalue weighted by atomic mass is 16.6. The Bertz CT molecular complexity index is 1480. The molecular formula is C72H126O6. The first kappa shape index (κ1) is 74.6. The second-order valence-electron chi connectivity index (χ2n) is 22.4. The number of allylic oxidation sites excluding steroid dienone is 14. The summed E-state index contributed by atoms with van der Waals surface area (Å²) in [7, 11) is 0. The first-order valence-corrected chi connectivity index (χ1v) is 33.6. The van der Waals surface area contributed by atoms with Crippen molar-refractivity contribution in [2.75, 3.05) is 13.2 Å². The summed E-state index contributed by atoms with van der Waals surface area (Å²) in [5.74, 6) is -0.877. The molecule has 0 heterocycles. The molecule has 0 aromatic rings. The van der Waals surface area contributed by atoms with Crippen LogP contribution in [-0.4, -0.2) is 37.2 Å². The van der Waals surface area contributed by atoms with Crippen LogP contribution in [0, 0.1) is 0 Å². The molecule has 450 valence electrons. The number of carbonyl (C=O) groups is 3. The van der Waals surface area contributed by atoms with E-state index in [9.17, 15) is 14.4 Å². The number of unbranched alkanes of at least 4 members (excludes halogenated alkanes) is 36. The Morgan fingerprint density at radius 2 is 0.500 bits per heavy atom. The number of ether oxygens (including phenoxy) is 3. The maximum atomic E-state index is 12.9. The first-order chi connectivity index (χ1) is 38.5. The molecule has 0 saturated carbocycles. The predicted octanol–water partition coefficient (Wildman–Crippen LogP) is 23.1. The van der Waals surface area contributed by atoms with E-state index >= 15 is 0 Å². The maximum absolute atomic E-state index is 12.9. The molecule has 0 spiro atoms. The van der Waals surface area contributed by atoms with Crippen molar-refractivity contribution in [3.63, 3.8) is 0 Å². The Morgan fingerprint density at radius 1 is 0.269 bits per heavy atom. The molecular weight excluding hydrogens is 961 g/mol. The summed E-state index contributed by atoms with van der Waals surface area (Å²) in [6.07, 6.45) is 87.3. The average Bonchev–Trinajstić information content (AvgIpc) is 3.44. The van der Waals surface area contributed by atoms with Crippen LogP contribution in [0.5, 0.6) is 0 Å². The van der Waals surface area contributed by atoms with E-state index in [1.54, 1.807) is 0 Å². The van der Waals surface area contributed by atoms with Gasteiger partial charge in [0, 0.05) is 19.3 Å². The fraction of sp³-hybridized carbons (Fsp3) is 0.764. The minimum absolute atomic E-state index is 0.0788. The molecule has 1 atom stereocenters. The summed E-state index contributed by atoms with van der Waals surface area (Å²) < 4.78 is 17.0. The van der Waals surface area contributed by atoms with Crippen LogP contribution in [-0.2, 0) is 28.6 Å². The fourth-order valence-corrected chi connectivity index (χ4v) is 9.62. The minimum atomic E-state index is -0.784. The molecule has 0 aliphatic rings. The van der Waals surface area contributed by atoms with Crippen LogP contribution in [0.2, 0.25) is 0 Å². The molecule has 6 heteroatoms. The summed E-state index contributed by atoms with van der Waals surface area (Å²) in [5, 5.41) is 0. The summed E-state index contributed by atoms with van der Waals surface area (Å²) >= 11 is 0. The molecule has 0 aromatic heterocycles. The van der Waals surface area contributed by atoms with Crippen molar-refractivity contribution < 1.29 is 28.6 Å². The van der Waals surface area contributed by atoms with Gasteiger partial charge in [0.1, 0.15) is 13.2 Å². The topological polar surface area (TPSA) is 78.9 Å². The smallest absolute Gasteiger partial charge is 0.306 e. The minimum Gasteiger partial charge on any atom is -0.462 e. The van der Waals surface area contributed by atoms with Crippen LogP contribution in [0.15, 0.2) is 85.1 Å². The summed E-state index contributed by atoms with van der Waals surface area (Å²) in [4.78, 5) is 38.4. The van der Waals surface area contributed by atoms with Gasteiger partial charge in [-0.25, -0.2) is 0 Å². The van der Waals surface area contributed by atoms with Gasteiger partial charge in [-0.15, -0.1) is 0 Å². The Kier molecular flexibility index (Phi) is 63.2. The lowest BCUT2D eigenvalue weighted by Crippen LogP contribution is -2.30. The van der Waals surface area contributed by atoms with Crippen molar-refractivity contribution in [2.24, 2.45) is 0 Å². The van der Waals surface area contributed by atoms with Gasteiger partial charge in [0.25, 0.3) is 0 Å². The zero-order valence-electron chi connectivity index (χ0n) is 51.7. The third kappa shape index (κ3) is 63.4. The molecule has 1 unspecified atom stereocenters. The van der Waals surface area contributed by atoms with Crippen LogP contribution >= 0.6 is 0 Å². The van der Waals surface area contributed by atoms with E-state index in [2.05, 4.69) is 106 Å². The van der Waals surface area contributed by atoms with Crippen molar-refractivity contribution >= 4 is 17.9 Å². The van der Waals surface area contributed by atoms with Crippen molar-refractivity contribution in [2.45, 2.75) is 341 Å². The number of carbonyl (C=O) groups excluding carboxylic acids is 3. The standard InChI is InChI=1S/C72H126O6/c1-4-7-10-13-16-19-22-25-28-30-32-34-35-36-37-39-40-42-44-47-50-53-56-59-62-65-71(74)77-68-69(67-76-70(73)64-61-58-55-52-49-46-27-24-21-18-15-12-9-6-3)78-72(75)66-63-60-57-54-51-48-45-43-41-38-33-31-29-26-23-20-17-14-11-8-5-2/h7,10,16,19,23,25-26,28,31-34,41,43,69H,4-6,8-9,11-15,17-18,20-22,24,27,29-30,35-40,42,44-68H2,1-3H3/b10-7-,19-16-,26-23-,28-25-,33-31-,34-32-,43-41-. The monoisotopic (exact) mass is 1090 g/mol. The lowest BCUT2D eigenvalue weighted by Gasteiger charge is -2.18. The van der Waals surface area contributed by atoms with Crippen LogP contribution in [0.3, 0.4) is 0 Å². The highest BCUT2D eigenvalue weighted by molar-refractivity contribution is 5.71. The molecule has 0 fully saturated rings. The molecule has 0 aromatic carbocycles. The van der Waals surface area contributed by atoms with E-state index in [0.29, 0.717) is 19.3 Å². The van der Waals surface area contributed by atoms with E-state index in [-0.39, 0.29) is 31.1 Å². The lowest BCUT2D eigenvalue weighted by molar-refractivity contribution is -0.167. The zero-order chi connectivity index (χ0) is 56.4. The Hall–Kier alpha value is -3.41. The molecule has 0 bridgehead atoms. The van der Waals surface area contributed by atoms with E-state index in [4.69, 9.17) is 14.2 Å². The van der Waals surface area contributed by atoms with Crippen LogP contribution < -0.4 is 0 Å². The summed E-state index contributed by atoms with van der Waals surface area (Å²) in [5.41, 5.74) is 0. The van der Waals surface area contributed by atoms with Gasteiger partial charge in [-0.1, -0.05) is 305 Å². The fourth-order valence-electron chi connectivity index (χ4n) is 9.62. The number of esters is 3.